The van der Waals surface area contributed by atoms with Crippen LogP contribution in [0.4, 0.5) is 0 Å². The lowest BCUT2D eigenvalue weighted by Gasteiger charge is -2.40. The van der Waals surface area contributed by atoms with Gasteiger partial charge in [-0.25, -0.2) is 0 Å². The zero-order chi connectivity index (χ0) is 18.3. The molecule has 2 aliphatic rings. The molecule has 0 unspecified atom stereocenters. The molecule has 1 N–H and O–H groups in total. The van der Waals surface area contributed by atoms with E-state index < -0.39 is 12.0 Å². The Hall–Kier alpha value is -2.60. The maximum Gasteiger partial charge on any atom is 0.327 e. The fraction of sp³-hybridized carbons (Fsp3) is 0.400. The Balaban J connectivity index is 1.73. The topological polar surface area (TPSA) is 65.8 Å². The molecular formula is C20H23N3O3. The lowest BCUT2D eigenvalue weighted by atomic mass is 9.99. The molecule has 1 fully saturated rings. The first-order valence-corrected chi connectivity index (χ1v) is 9.06. The fourth-order valence-corrected chi connectivity index (χ4v) is 4.29. The summed E-state index contributed by atoms with van der Waals surface area (Å²) in [5.74, 6) is -0.736. The van der Waals surface area contributed by atoms with Crippen molar-refractivity contribution < 1.29 is 14.7 Å². The van der Waals surface area contributed by atoms with E-state index in [-0.39, 0.29) is 11.9 Å². The number of carboxylic acid groups (broad SMARTS) is 1. The smallest absolute Gasteiger partial charge is 0.327 e. The second-order valence-corrected chi connectivity index (χ2v) is 7.08. The van der Waals surface area contributed by atoms with E-state index >= 15 is 0 Å². The van der Waals surface area contributed by atoms with Gasteiger partial charge in [0, 0.05) is 44.5 Å². The highest BCUT2D eigenvalue weighted by atomic mass is 16.4. The standard InChI is InChI=1S/C20H23N3O3/c1-14(24)21-11-8-16(9-12-21)23-13-15-5-2-3-6-17(15)22-10-4-7-18(22)19(23)20(25)26/h2-7,10,16,19H,8-9,11-13H2,1H3,(H,25,26)/t19-/m1/s1. The molecule has 136 valence electrons. The number of likely N-dealkylation sites (tertiary alicyclic amines) is 1. The van der Waals surface area contributed by atoms with E-state index in [1.807, 2.05) is 46.0 Å². The van der Waals surface area contributed by atoms with Gasteiger partial charge in [-0.1, -0.05) is 18.2 Å². The summed E-state index contributed by atoms with van der Waals surface area (Å²) in [4.78, 5) is 27.8. The Morgan fingerprint density at radius 1 is 1.08 bits per heavy atom. The zero-order valence-electron chi connectivity index (χ0n) is 14.8. The van der Waals surface area contributed by atoms with Crippen LogP contribution in [0.3, 0.4) is 0 Å². The Labute approximate surface area is 152 Å². The third kappa shape index (κ3) is 2.80. The Bertz CT molecular complexity index is 836. The van der Waals surface area contributed by atoms with Gasteiger partial charge in [-0.05, 0) is 36.6 Å². The van der Waals surface area contributed by atoms with Crippen LogP contribution in [0.1, 0.15) is 37.1 Å². The van der Waals surface area contributed by atoms with Crippen molar-refractivity contribution in [1.29, 1.82) is 0 Å². The maximum atomic E-state index is 12.2. The SMILES string of the molecule is CC(=O)N1CCC(N2Cc3ccccc3-n3cccc3[C@@H]2C(=O)O)CC1. The summed E-state index contributed by atoms with van der Waals surface area (Å²) in [6.45, 7) is 3.56. The number of hydrogen-bond donors (Lipinski definition) is 1. The molecule has 6 nitrogen and oxygen atoms in total. The highest BCUT2D eigenvalue weighted by molar-refractivity contribution is 5.76. The second-order valence-electron chi connectivity index (χ2n) is 7.08. The van der Waals surface area contributed by atoms with Crippen LogP contribution in [0, 0.1) is 0 Å². The Morgan fingerprint density at radius 3 is 2.50 bits per heavy atom. The Morgan fingerprint density at radius 2 is 1.81 bits per heavy atom. The second kappa shape index (κ2) is 6.61. The third-order valence-electron chi connectivity index (χ3n) is 5.61. The minimum atomic E-state index is -0.827. The van der Waals surface area contributed by atoms with Gasteiger partial charge >= 0.3 is 5.97 Å². The van der Waals surface area contributed by atoms with Crippen molar-refractivity contribution in [2.24, 2.45) is 0 Å². The largest absolute Gasteiger partial charge is 0.480 e. The van der Waals surface area contributed by atoms with E-state index in [1.54, 1.807) is 6.92 Å². The number of para-hydroxylation sites is 1. The highest BCUT2D eigenvalue weighted by Crippen LogP contribution is 2.35. The number of fused-ring (bicyclic) bond motifs is 3. The molecule has 0 bridgehead atoms. The summed E-state index contributed by atoms with van der Waals surface area (Å²) in [6, 6.07) is 11.4. The number of piperidine rings is 1. The van der Waals surface area contributed by atoms with Gasteiger partial charge in [0.1, 0.15) is 6.04 Å². The predicted molar refractivity (Wildman–Crippen MR) is 97.0 cm³/mol. The van der Waals surface area contributed by atoms with Gasteiger partial charge in [0.15, 0.2) is 0 Å². The van der Waals surface area contributed by atoms with Gasteiger partial charge in [0.25, 0.3) is 0 Å². The van der Waals surface area contributed by atoms with Gasteiger partial charge in [-0.2, -0.15) is 0 Å². The molecule has 2 aliphatic heterocycles. The predicted octanol–water partition coefficient (Wildman–Crippen LogP) is 2.43. The van der Waals surface area contributed by atoms with Gasteiger partial charge in [-0.3, -0.25) is 14.5 Å². The summed E-state index contributed by atoms with van der Waals surface area (Å²) in [6.07, 6.45) is 3.53. The molecule has 0 aliphatic carbocycles. The van der Waals surface area contributed by atoms with E-state index in [4.69, 9.17) is 0 Å². The van der Waals surface area contributed by atoms with Crippen molar-refractivity contribution in [3.63, 3.8) is 0 Å². The number of amides is 1. The van der Waals surface area contributed by atoms with Gasteiger partial charge in [-0.15, -0.1) is 0 Å². The van der Waals surface area contributed by atoms with Crippen molar-refractivity contribution in [3.8, 4) is 5.69 Å². The molecule has 0 radical (unpaired) electrons. The van der Waals surface area contributed by atoms with Gasteiger partial charge < -0.3 is 14.6 Å². The summed E-state index contributed by atoms with van der Waals surface area (Å²) >= 11 is 0. The lowest BCUT2D eigenvalue weighted by Crippen LogP contribution is -2.48. The zero-order valence-corrected chi connectivity index (χ0v) is 14.8. The van der Waals surface area contributed by atoms with Crippen LogP contribution in [0.25, 0.3) is 5.69 Å². The normalized spacial score (nSPS) is 21.0. The van der Waals surface area contributed by atoms with Crippen molar-refractivity contribution >= 4 is 11.9 Å². The van der Waals surface area contributed by atoms with Gasteiger partial charge in [0.05, 0.1) is 5.69 Å². The summed E-state index contributed by atoms with van der Waals surface area (Å²) in [7, 11) is 0. The van der Waals surface area contributed by atoms with E-state index in [9.17, 15) is 14.7 Å². The Kier molecular flexibility index (Phi) is 4.28. The van der Waals surface area contributed by atoms with Crippen LogP contribution >= 0.6 is 0 Å². The van der Waals surface area contributed by atoms with Crippen LogP contribution < -0.4 is 0 Å². The number of rotatable bonds is 2. The molecule has 1 atom stereocenters. The number of nitrogens with zero attached hydrogens (tertiary/aromatic N) is 3. The number of carbonyl (C=O) groups is 2. The minimum absolute atomic E-state index is 0.0910. The molecule has 1 amide bonds. The first-order valence-electron chi connectivity index (χ1n) is 9.06. The third-order valence-corrected chi connectivity index (χ3v) is 5.61. The monoisotopic (exact) mass is 353 g/mol. The maximum absolute atomic E-state index is 12.2. The summed E-state index contributed by atoms with van der Waals surface area (Å²) in [5, 5.41) is 10.0. The van der Waals surface area contributed by atoms with Crippen LogP contribution in [0.5, 0.6) is 0 Å². The molecule has 26 heavy (non-hydrogen) atoms. The first kappa shape index (κ1) is 16.8. The van der Waals surface area contributed by atoms with Gasteiger partial charge in [0.2, 0.25) is 5.91 Å². The molecule has 1 aromatic carbocycles. The van der Waals surface area contributed by atoms with Crippen molar-refractivity contribution in [1.82, 2.24) is 14.4 Å². The van der Waals surface area contributed by atoms with Crippen molar-refractivity contribution in [2.45, 2.75) is 38.4 Å². The quantitative estimate of drug-likeness (QED) is 0.901. The molecule has 3 heterocycles. The van der Waals surface area contributed by atoms with Crippen LogP contribution in [0.2, 0.25) is 0 Å². The summed E-state index contributed by atoms with van der Waals surface area (Å²) in [5.41, 5.74) is 2.96. The number of benzene rings is 1. The molecule has 2 aromatic rings. The molecule has 0 saturated carbocycles. The average molecular weight is 353 g/mol. The minimum Gasteiger partial charge on any atom is -0.480 e. The number of hydrogen-bond acceptors (Lipinski definition) is 3. The average Bonchev–Trinajstić information content (AvgIpc) is 3.05. The molecular weight excluding hydrogens is 330 g/mol. The van der Waals surface area contributed by atoms with Crippen molar-refractivity contribution in [2.75, 3.05) is 13.1 Å². The molecule has 1 saturated heterocycles. The van der Waals surface area contributed by atoms with Crippen LogP contribution in [-0.2, 0) is 16.1 Å². The number of aliphatic carboxylic acids is 1. The van der Waals surface area contributed by atoms with E-state index in [1.165, 1.54) is 0 Å². The van der Waals surface area contributed by atoms with E-state index in [0.717, 1.165) is 29.8 Å². The number of carbonyl (C=O) groups excluding carboxylic acids is 1. The van der Waals surface area contributed by atoms with Crippen molar-refractivity contribution in [3.05, 3.63) is 53.9 Å². The fourth-order valence-electron chi connectivity index (χ4n) is 4.29. The van der Waals surface area contributed by atoms with E-state index in [2.05, 4.69) is 11.0 Å². The highest BCUT2D eigenvalue weighted by Gasteiger charge is 2.38. The lowest BCUT2D eigenvalue weighted by molar-refractivity contribution is -0.146. The molecule has 4 rings (SSSR count). The van der Waals surface area contributed by atoms with E-state index in [0.29, 0.717) is 19.6 Å². The van der Waals surface area contributed by atoms with Crippen LogP contribution in [-0.4, -0.2) is 50.5 Å². The number of carboxylic acids is 1. The molecule has 6 heteroatoms. The first-order chi connectivity index (χ1) is 12.6. The molecule has 1 aromatic heterocycles. The van der Waals surface area contributed by atoms with Crippen LogP contribution in [0.15, 0.2) is 42.6 Å². The number of aromatic nitrogens is 1. The summed E-state index contributed by atoms with van der Waals surface area (Å²) < 4.78 is 2.00. The molecule has 0 spiro atoms.